The highest BCUT2D eigenvalue weighted by molar-refractivity contribution is 5.26. The number of aromatic nitrogens is 1. The van der Waals surface area contributed by atoms with E-state index in [1.165, 1.54) is 49.8 Å². The van der Waals surface area contributed by atoms with E-state index in [-0.39, 0.29) is 0 Å². The number of hydrogen-bond donors (Lipinski definition) is 1. The van der Waals surface area contributed by atoms with Gasteiger partial charge >= 0.3 is 0 Å². The Hall–Kier alpha value is -0.890. The van der Waals surface area contributed by atoms with Gasteiger partial charge in [0.2, 0.25) is 0 Å². The molecule has 1 heterocycles. The highest BCUT2D eigenvalue weighted by Gasteiger charge is 2.34. The molecule has 18 heavy (non-hydrogen) atoms. The van der Waals surface area contributed by atoms with Crippen molar-refractivity contribution in [2.75, 3.05) is 6.54 Å². The third-order valence-electron chi connectivity index (χ3n) is 4.77. The van der Waals surface area contributed by atoms with Crippen molar-refractivity contribution in [1.29, 1.82) is 0 Å². The maximum Gasteiger partial charge on any atom is 0.0469 e. The second kappa shape index (κ2) is 5.40. The van der Waals surface area contributed by atoms with Gasteiger partial charge in [-0.2, -0.15) is 0 Å². The molecule has 1 N–H and O–H groups in total. The first-order valence-electron chi connectivity index (χ1n) is 7.55. The molecule has 2 aliphatic rings. The van der Waals surface area contributed by atoms with Crippen molar-refractivity contribution < 1.29 is 0 Å². The minimum absolute atomic E-state index is 0.735. The standard InChI is InChI=1S/C16H24N2/c1-2-17-14-9-8-13(11-14)15-7-3-5-12-6-4-10-18-16(12)15/h4,6,10,13-15,17H,2-3,5,7-9,11H2,1H3. The molecule has 0 bridgehead atoms. The summed E-state index contributed by atoms with van der Waals surface area (Å²) in [6, 6.07) is 5.14. The first kappa shape index (κ1) is 12.2. The average Bonchev–Trinajstić information content (AvgIpc) is 2.87. The average molecular weight is 244 g/mol. The molecule has 0 radical (unpaired) electrons. The molecule has 1 aromatic rings. The van der Waals surface area contributed by atoms with Gasteiger partial charge in [0, 0.05) is 23.9 Å². The quantitative estimate of drug-likeness (QED) is 0.882. The minimum atomic E-state index is 0.735. The summed E-state index contributed by atoms with van der Waals surface area (Å²) in [5, 5.41) is 3.62. The van der Waals surface area contributed by atoms with Crippen LogP contribution < -0.4 is 5.32 Å². The van der Waals surface area contributed by atoms with Crippen LogP contribution >= 0.6 is 0 Å². The van der Waals surface area contributed by atoms with Crippen molar-refractivity contribution in [1.82, 2.24) is 10.3 Å². The lowest BCUT2D eigenvalue weighted by Crippen LogP contribution is -2.27. The maximum atomic E-state index is 4.70. The molecule has 1 fully saturated rings. The number of nitrogens with zero attached hydrogens (tertiary/aromatic N) is 1. The molecule has 2 nitrogen and oxygen atoms in total. The van der Waals surface area contributed by atoms with E-state index in [4.69, 9.17) is 4.98 Å². The van der Waals surface area contributed by atoms with Crippen LogP contribution in [0.1, 0.15) is 56.2 Å². The summed E-state index contributed by atoms with van der Waals surface area (Å²) in [4.78, 5) is 4.70. The van der Waals surface area contributed by atoms with E-state index in [0.717, 1.165) is 24.4 Å². The predicted molar refractivity (Wildman–Crippen MR) is 74.7 cm³/mol. The van der Waals surface area contributed by atoms with E-state index in [2.05, 4.69) is 24.4 Å². The molecule has 3 atom stereocenters. The summed E-state index contributed by atoms with van der Waals surface area (Å²) in [7, 11) is 0. The molecule has 2 aliphatic carbocycles. The van der Waals surface area contributed by atoms with Crippen LogP contribution in [0.25, 0.3) is 0 Å². The SMILES string of the molecule is CCNC1CCC(C2CCCc3cccnc32)C1. The van der Waals surface area contributed by atoms with Crippen molar-refractivity contribution in [3.05, 3.63) is 29.6 Å². The van der Waals surface area contributed by atoms with E-state index < -0.39 is 0 Å². The lowest BCUT2D eigenvalue weighted by molar-refractivity contribution is 0.369. The lowest BCUT2D eigenvalue weighted by atomic mass is 9.78. The fraction of sp³-hybridized carbons (Fsp3) is 0.688. The fourth-order valence-corrected chi connectivity index (χ4v) is 3.96. The number of rotatable bonds is 3. The van der Waals surface area contributed by atoms with E-state index in [9.17, 15) is 0 Å². The van der Waals surface area contributed by atoms with Gasteiger partial charge in [-0.05, 0) is 62.6 Å². The van der Waals surface area contributed by atoms with Gasteiger partial charge in [-0.15, -0.1) is 0 Å². The Bertz CT molecular complexity index is 402. The number of fused-ring (bicyclic) bond motifs is 1. The third-order valence-corrected chi connectivity index (χ3v) is 4.77. The van der Waals surface area contributed by atoms with E-state index in [0.29, 0.717) is 0 Å². The Morgan fingerprint density at radius 2 is 2.28 bits per heavy atom. The molecule has 1 saturated carbocycles. The first-order valence-corrected chi connectivity index (χ1v) is 7.55. The maximum absolute atomic E-state index is 4.70. The number of pyridine rings is 1. The molecule has 1 aromatic heterocycles. The van der Waals surface area contributed by atoms with Crippen LogP contribution in [-0.4, -0.2) is 17.6 Å². The molecule has 0 aromatic carbocycles. The van der Waals surface area contributed by atoms with Crippen LogP contribution in [0.2, 0.25) is 0 Å². The van der Waals surface area contributed by atoms with Crippen LogP contribution in [0.4, 0.5) is 0 Å². The third kappa shape index (κ3) is 2.31. The molecule has 0 amide bonds. The second-order valence-electron chi connectivity index (χ2n) is 5.87. The number of hydrogen-bond acceptors (Lipinski definition) is 2. The number of nitrogens with one attached hydrogen (secondary N) is 1. The molecule has 98 valence electrons. The summed E-state index contributed by atoms with van der Waals surface area (Å²) in [5.41, 5.74) is 2.94. The summed E-state index contributed by atoms with van der Waals surface area (Å²) in [6.07, 6.45) is 10.0. The molecule has 2 heteroatoms. The van der Waals surface area contributed by atoms with E-state index in [1.807, 2.05) is 6.20 Å². The van der Waals surface area contributed by atoms with Gasteiger partial charge in [-0.1, -0.05) is 13.0 Å². The van der Waals surface area contributed by atoms with Gasteiger partial charge < -0.3 is 5.32 Å². The molecule has 0 aliphatic heterocycles. The Balaban J connectivity index is 1.74. The van der Waals surface area contributed by atoms with E-state index in [1.54, 1.807) is 0 Å². The van der Waals surface area contributed by atoms with Crippen LogP contribution in [0.15, 0.2) is 18.3 Å². The van der Waals surface area contributed by atoms with Gasteiger partial charge in [-0.3, -0.25) is 4.98 Å². The number of aryl methyl sites for hydroxylation is 1. The van der Waals surface area contributed by atoms with Crippen LogP contribution in [0.3, 0.4) is 0 Å². The normalized spacial score (nSPS) is 31.3. The van der Waals surface area contributed by atoms with E-state index >= 15 is 0 Å². The Labute approximate surface area is 110 Å². The van der Waals surface area contributed by atoms with Gasteiger partial charge in [-0.25, -0.2) is 0 Å². The summed E-state index contributed by atoms with van der Waals surface area (Å²) in [6.45, 7) is 3.32. The molecule has 3 rings (SSSR count). The molecular weight excluding hydrogens is 220 g/mol. The second-order valence-corrected chi connectivity index (χ2v) is 5.87. The Morgan fingerprint density at radius 3 is 3.17 bits per heavy atom. The van der Waals surface area contributed by atoms with Crippen LogP contribution in [-0.2, 0) is 6.42 Å². The summed E-state index contributed by atoms with van der Waals surface area (Å²) in [5.74, 6) is 1.60. The van der Waals surface area contributed by atoms with Gasteiger partial charge in [0.25, 0.3) is 0 Å². The highest BCUT2D eigenvalue weighted by Crippen LogP contribution is 2.42. The van der Waals surface area contributed by atoms with Gasteiger partial charge in [0.1, 0.15) is 0 Å². The molecule has 0 spiro atoms. The monoisotopic (exact) mass is 244 g/mol. The first-order chi connectivity index (χ1) is 8.88. The predicted octanol–water partition coefficient (Wildman–Crippen LogP) is 3.28. The minimum Gasteiger partial charge on any atom is -0.314 e. The molecule has 0 saturated heterocycles. The van der Waals surface area contributed by atoms with Gasteiger partial charge in [0.15, 0.2) is 0 Å². The zero-order valence-corrected chi connectivity index (χ0v) is 11.4. The largest absolute Gasteiger partial charge is 0.314 e. The summed E-state index contributed by atoms with van der Waals surface area (Å²) < 4.78 is 0. The Morgan fingerprint density at radius 1 is 1.33 bits per heavy atom. The lowest BCUT2D eigenvalue weighted by Gasteiger charge is -2.29. The fourth-order valence-electron chi connectivity index (χ4n) is 3.96. The topological polar surface area (TPSA) is 24.9 Å². The Kier molecular flexibility index (Phi) is 3.64. The van der Waals surface area contributed by atoms with Gasteiger partial charge in [0.05, 0.1) is 0 Å². The van der Waals surface area contributed by atoms with Crippen molar-refractivity contribution in [2.24, 2.45) is 5.92 Å². The summed E-state index contributed by atoms with van der Waals surface area (Å²) >= 11 is 0. The van der Waals surface area contributed by atoms with Crippen molar-refractivity contribution in [2.45, 2.75) is 57.4 Å². The molecule has 3 unspecified atom stereocenters. The van der Waals surface area contributed by atoms with Crippen LogP contribution in [0.5, 0.6) is 0 Å². The zero-order valence-electron chi connectivity index (χ0n) is 11.4. The zero-order chi connectivity index (χ0) is 12.4. The highest BCUT2D eigenvalue weighted by atomic mass is 14.9. The van der Waals surface area contributed by atoms with Crippen molar-refractivity contribution >= 4 is 0 Å². The smallest absolute Gasteiger partial charge is 0.0469 e. The van der Waals surface area contributed by atoms with Crippen LogP contribution in [0, 0.1) is 5.92 Å². The van der Waals surface area contributed by atoms with Crippen molar-refractivity contribution in [3.8, 4) is 0 Å². The van der Waals surface area contributed by atoms with Crippen molar-refractivity contribution in [3.63, 3.8) is 0 Å². The molecular formula is C16H24N2.